The van der Waals surface area contributed by atoms with Crippen molar-refractivity contribution < 1.29 is 0 Å². The van der Waals surface area contributed by atoms with Crippen molar-refractivity contribution in [2.45, 2.75) is 0 Å². The van der Waals surface area contributed by atoms with Crippen LogP contribution in [0.1, 0.15) is 0 Å². The molecule has 0 bridgehead atoms. The molecule has 1 aromatic carbocycles. The lowest BCUT2D eigenvalue weighted by atomic mass is 10.0. The monoisotopic (exact) mass is 236 g/mol. The number of hydrogen-bond acceptors (Lipinski definition) is 4. The second-order valence-electron chi connectivity index (χ2n) is 3.92. The van der Waals surface area contributed by atoms with Crippen LogP contribution in [0.4, 0.5) is 5.69 Å². The van der Waals surface area contributed by atoms with Crippen molar-refractivity contribution in [2.24, 2.45) is 5.84 Å². The smallest absolute Gasteiger partial charge is 0.0770 e. The first-order valence-electron chi connectivity index (χ1n) is 5.66. The Hall–Kier alpha value is -2.46. The van der Waals surface area contributed by atoms with Gasteiger partial charge in [-0.15, -0.1) is 0 Å². The molecule has 2 heterocycles. The lowest BCUT2D eigenvalue weighted by molar-refractivity contribution is 1.28. The number of rotatable bonds is 2. The van der Waals surface area contributed by atoms with Crippen LogP contribution in [0.3, 0.4) is 0 Å². The van der Waals surface area contributed by atoms with Gasteiger partial charge < -0.3 is 5.43 Å². The standard InChI is InChI=1S/C14H12N4/c15-18-13-9-17-11-6-2-1-5-10(11)14(13)12-7-3-4-8-16-12/h1-9,18H,15H2. The third kappa shape index (κ3) is 1.69. The molecule has 0 fully saturated rings. The molecule has 2 aromatic heterocycles. The third-order valence-electron chi connectivity index (χ3n) is 2.85. The lowest BCUT2D eigenvalue weighted by Gasteiger charge is -2.11. The number of anilines is 1. The molecule has 3 aromatic rings. The van der Waals surface area contributed by atoms with Crippen LogP contribution in [0.15, 0.2) is 54.9 Å². The van der Waals surface area contributed by atoms with Gasteiger partial charge in [0.25, 0.3) is 0 Å². The number of aromatic nitrogens is 2. The first kappa shape index (κ1) is 10.7. The molecule has 88 valence electrons. The van der Waals surface area contributed by atoms with Crippen LogP contribution in [-0.4, -0.2) is 9.97 Å². The minimum Gasteiger partial charge on any atom is -0.322 e. The van der Waals surface area contributed by atoms with E-state index in [-0.39, 0.29) is 0 Å². The second kappa shape index (κ2) is 4.43. The Morgan fingerprint density at radius 3 is 2.56 bits per heavy atom. The number of hydrazine groups is 1. The second-order valence-corrected chi connectivity index (χ2v) is 3.92. The molecular weight excluding hydrogens is 224 g/mol. The molecule has 4 heteroatoms. The number of para-hydroxylation sites is 1. The molecule has 0 saturated heterocycles. The molecule has 0 aliphatic rings. The number of nitrogen functional groups attached to an aromatic ring is 1. The van der Waals surface area contributed by atoms with Crippen LogP contribution >= 0.6 is 0 Å². The molecular formula is C14H12N4. The zero-order valence-electron chi connectivity index (χ0n) is 9.67. The average Bonchev–Trinajstić information content (AvgIpc) is 2.47. The summed E-state index contributed by atoms with van der Waals surface area (Å²) in [6.07, 6.45) is 3.50. The van der Waals surface area contributed by atoms with E-state index in [1.165, 1.54) is 0 Å². The highest BCUT2D eigenvalue weighted by atomic mass is 15.2. The van der Waals surface area contributed by atoms with Gasteiger partial charge in [0.05, 0.1) is 23.1 Å². The Labute approximate surface area is 104 Å². The summed E-state index contributed by atoms with van der Waals surface area (Å²) in [4.78, 5) is 8.75. The van der Waals surface area contributed by atoms with E-state index in [0.717, 1.165) is 27.8 Å². The number of nitrogens with zero attached hydrogens (tertiary/aromatic N) is 2. The van der Waals surface area contributed by atoms with Crippen LogP contribution in [0.2, 0.25) is 0 Å². The fourth-order valence-electron chi connectivity index (χ4n) is 2.04. The molecule has 0 spiro atoms. The zero-order chi connectivity index (χ0) is 12.4. The normalized spacial score (nSPS) is 10.5. The Balaban J connectivity index is 2.38. The van der Waals surface area contributed by atoms with Crippen molar-refractivity contribution in [3.63, 3.8) is 0 Å². The molecule has 0 radical (unpaired) electrons. The van der Waals surface area contributed by atoms with Crippen molar-refractivity contribution in [3.05, 3.63) is 54.9 Å². The molecule has 3 rings (SSSR count). The predicted octanol–water partition coefficient (Wildman–Crippen LogP) is 2.58. The van der Waals surface area contributed by atoms with E-state index in [4.69, 9.17) is 5.84 Å². The summed E-state index contributed by atoms with van der Waals surface area (Å²) in [5, 5.41) is 1.03. The van der Waals surface area contributed by atoms with E-state index in [2.05, 4.69) is 15.4 Å². The molecule has 0 aliphatic carbocycles. The number of pyridine rings is 2. The highest BCUT2D eigenvalue weighted by molar-refractivity contribution is 5.99. The van der Waals surface area contributed by atoms with Crippen molar-refractivity contribution in [2.75, 3.05) is 5.43 Å². The van der Waals surface area contributed by atoms with Gasteiger partial charge in [-0.05, 0) is 18.2 Å². The van der Waals surface area contributed by atoms with Gasteiger partial charge >= 0.3 is 0 Å². The quantitative estimate of drug-likeness (QED) is 0.530. The van der Waals surface area contributed by atoms with E-state index in [0.29, 0.717) is 0 Å². The third-order valence-corrected chi connectivity index (χ3v) is 2.85. The zero-order valence-corrected chi connectivity index (χ0v) is 9.67. The fourth-order valence-corrected chi connectivity index (χ4v) is 2.04. The van der Waals surface area contributed by atoms with E-state index in [1.54, 1.807) is 12.4 Å². The van der Waals surface area contributed by atoms with E-state index in [1.807, 2.05) is 42.5 Å². The fraction of sp³-hybridized carbons (Fsp3) is 0. The number of nitrogens with one attached hydrogen (secondary N) is 1. The molecule has 0 aliphatic heterocycles. The van der Waals surface area contributed by atoms with Crippen LogP contribution in [0.25, 0.3) is 22.2 Å². The number of fused-ring (bicyclic) bond motifs is 1. The largest absolute Gasteiger partial charge is 0.322 e. The summed E-state index contributed by atoms with van der Waals surface area (Å²) in [5.41, 5.74) is 6.24. The number of nitrogens with two attached hydrogens (primary N) is 1. The molecule has 18 heavy (non-hydrogen) atoms. The van der Waals surface area contributed by atoms with Gasteiger partial charge in [0.15, 0.2) is 0 Å². The van der Waals surface area contributed by atoms with Gasteiger partial charge in [0.2, 0.25) is 0 Å². The van der Waals surface area contributed by atoms with Gasteiger partial charge in [-0.1, -0.05) is 24.3 Å². The van der Waals surface area contributed by atoms with Crippen molar-refractivity contribution >= 4 is 16.6 Å². The van der Waals surface area contributed by atoms with Crippen LogP contribution in [0.5, 0.6) is 0 Å². The molecule has 3 N–H and O–H groups in total. The lowest BCUT2D eigenvalue weighted by Crippen LogP contribution is -2.09. The summed E-state index contributed by atoms with van der Waals surface area (Å²) >= 11 is 0. The molecule has 0 saturated carbocycles. The van der Waals surface area contributed by atoms with Gasteiger partial charge in [-0.25, -0.2) is 0 Å². The van der Waals surface area contributed by atoms with E-state index >= 15 is 0 Å². The van der Waals surface area contributed by atoms with Gasteiger partial charge in [-0.3, -0.25) is 15.8 Å². The highest BCUT2D eigenvalue weighted by Gasteiger charge is 2.10. The van der Waals surface area contributed by atoms with Gasteiger partial charge in [0.1, 0.15) is 0 Å². The van der Waals surface area contributed by atoms with Crippen LogP contribution in [-0.2, 0) is 0 Å². The van der Waals surface area contributed by atoms with Crippen LogP contribution in [0, 0.1) is 0 Å². The molecule has 0 amide bonds. The van der Waals surface area contributed by atoms with Crippen molar-refractivity contribution in [1.82, 2.24) is 9.97 Å². The number of benzene rings is 1. The maximum atomic E-state index is 5.56. The summed E-state index contributed by atoms with van der Waals surface area (Å²) in [6, 6.07) is 13.8. The minimum absolute atomic E-state index is 0.771. The Kier molecular flexibility index (Phi) is 2.63. The highest BCUT2D eigenvalue weighted by Crippen LogP contribution is 2.32. The Morgan fingerprint density at radius 1 is 0.944 bits per heavy atom. The maximum Gasteiger partial charge on any atom is 0.0770 e. The van der Waals surface area contributed by atoms with Gasteiger partial charge in [0, 0.05) is 17.1 Å². The predicted molar refractivity (Wildman–Crippen MR) is 72.8 cm³/mol. The molecule has 0 atom stereocenters. The topological polar surface area (TPSA) is 63.8 Å². The Morgan fingerprint density at radius 2 is 1.78 bits per heavy atom. The summed E-state index contributed by atoms with van der Waals surface area (Å²) < 4.78 is 0. The van der Waals surface area contributed by atoms with E-state index < -0.39 is 0 Å². The Bertz CT molecular complexity index is 680. The molecule has 4 nitrogen and oxygen atoms in total. The van der Waals surface area contributed by atoms with Crippen molar-refractivity contribution in [3.8, 4) is 11.3 Å². The van der Waals surface area contributed by atoms with Crippen molar-refractivity contribution in [1.29, 1.82) is 0 Å². The minimum atomic E-state index is 0.771. The summed E-state index contributed by atoms with van der Waals surface area (Å²) in [6.45, 7) is 0. The van der Waals surface area contributed by atoms with Crippen LogP contribution < -0.4 is 11.3 Å². The molecule has 0 unspecified atom stereocenters. The maximum absolute atomic E-state index is 5.56. The SMILES string of the molecule is NNc1cnc2ccccc2c1-c1ccccn1. The summed E-state index contributed by atoms with van der Waals surface area (Å²) in [7, 11) is 0. The summed E-state index contributed by atoms with van der Waals surface area (Å²) in [5.74, 6) is 5.56. The van der Waals surface area contributed by atoms with E-state index in [9.17, 15) is 0 Å². The average molecular weight is 236 g/mol. The first-order valence-corrected chi connectivity index (χ1v) is 5.66. The number of hydrogen-bond donors (Lipinski definition) is 2. The first-order chi connectivity index (χ1) is 8.90. The van der Waals surface area contributed by atoms with Gasteiger partial charge in [-0.2, -0.15) is 0 Å².